The number of carbonyl (C=O) groups excluding carboxylic acids is 2. The number of ether oxygens (including phenoxy) is 1. The van der Waals surface area contributed by atoms with Crippen LogP contribution in [0.25, 0.3) is 0 Å². The van der Waals surface area contributed by atoms with Crippen LogP contribution in [0.3, 0.4) is 0 Å². The molecule has 1 spiro atoms. The fourth-order valence-corrected chi connectivity index (χ4v) is 1.65. The Hall–Kier alpha value is -1.38. The molecule has 0 amide bonds. The van der Waals surface area contributed by atoms with Crippen LogP contribution in [0.5, 0.6) is 0 Å². The Kier molecular flexibility index (Phi) is 1.62. The van der Waals surface area contributed by atoms with Crippen molar-refractivity contribution >= 4 is 11.8 Å². The van der Waals surface area contributed by atoms with Gasteiger partial charge in [-0.3, -0.25) is 9.59 Å². The maximum atomic E-state index is 11.2. The third-order valence-electron chi connectivity index (χ3n) is 2.38. The Balaban J connectivity index is 2.26. The minimum atomic E-state index is -0.635. The number of allylic oxidation sites excluding steroid dienone is 2. The molecule has 1 aliphatic heterocycles. The molecule has 1 atom stereocenters. The summed E-state index contributed by atoms with van der Waals surface area (Å²) in [4.78, 5) is 22.0. The molecule has 68 valence electrons. The fraction of sp³-hybridized carbons (Fsp3) is 0.400. The maximum Gasteiger partial charge on any atom is 0.310 e. The molecule has 0 unspecified atom stereocenters. The van der Waals surface area contributed by atoms with E-state index in [9.17, 15) is 9.59 Å². The normalized spacial score (nSPS) is 29.8. The SMILES string of the molecule is C[C@H]1CC2(C=CC(=O)C=C2)OC1=O. The van der Waals surface area contributed by atoms with Gasteiger partial charge in [0.15, 0.2) is 11.4 Å². The molecule has 0 aromatic rings. The van der Waals surface area contributed by atoms with Crippen molar-refractivity contribution in [3.05, 3.63) is 24.3 Å². The van der Waals surface area contributed by atoms with Crippen molar-refractivity contribution in [1.29, 1.82) is 0 Å². The summed E-state index contributed by atoms with van der Waals surface area (Å²) >= 11 is 0. The van der Waals surface area contributed by atoms with Crippen molar-refractivity contribution in [3.8, 4) is 0 Å². The van der Waals surface area contributed by atoms with Gasteiger partial charge in [-0.25, -0.2) is 0 Å². The molecule has 0 bridgehead atoms. The third kappa shape index (κ3) is 1.30. The molecule has 0 N–H and O–H groups in total. The van der Waals surface area contributed by atoms with Gasteiger partial charge >= 0.3 is 5.97 Å². The lowest BCUT2D eigenvalue weighted by molar-refractivity contribution is -0.145. The first kappa shape index (κ1) is 8.23. The van der Waals surface area contributed by atoms with Crippen LogP contribution in [-0.4, -0.2) is 17.4 Å². The van der Waals surface area contributed by atoms with E-state index < -0.39 is 5.60 Å². The largest absolute Gasteiger partial charge is 0.450 e. The Morgan fingerprint density at radius 3 is 2.46 bits per heavy atom. The van der Waals surface area contributed by atoms with E-state index in [-0.39, 0.29) is 17.7 Å². The summed E-state index contributed by atoms with van der Waals surface area (Å²) in [5, 5.41) is 0. The van der Waals surface area contributed by atoms with E-state index in [1.807, 2.05) is 6.92 Å². The molecule has 1 fully saturated rings. The zero-order chi connectivity index (χ0) is 9.47. The Bertz CT molecular complexity index is 309. The maximum absolute atomic E-state index is 11.2. The summed E-state index contributed by atoms with van der Waals surface area (Å²) in [6.07, 6.45) is 6.86. The zero-order valence-electron chi connectivity index (χ0n) is 7.32. The summed E-state index contributed by atoms with van der Waals surface area (Å²) in [5.41, 5.74) is -0.635. The van der Waals surface area contributed by atoms with Crippen molar-refractivity contribution in [3.63, 3.8) is 0 Å². The van der Waals surface area contributed by atoms with Crippen molar-refractivity contribution in [1.82, 2.24) is 0 Å². The highest BCUT2D eigenvalue weighted by atomic mass is 16.6. The average Bonchev–Trinajstić information content (AvgIpc) is 2.36. The first-order valence-corrected chi connectivity index (χ1v) is 4.27. The van der Waals surface area contributed by atoms with E-state index in [0.29, 0.717) is 6.42 Å². The van der Waals surface area contributed by atoms with Crippen LogP contribution in [0.1, 0.15) is 13.3 Å². The van der Waals surface area contributed by atoms with Gasteiger partial charge in [0.25, 0.3) is 0 Å². The van der Waals surface area contributed by atoms with Gasteiger partial charge in [-0.2, -0.15) is 0 Å². The molecule has 0 radical (unpaired) electrons. The highest BCUT2D eigenvalue weighted by molar-refractivity contribution is 6.00. The van der Waals surface area contributed by atoms with Gasteiger partial charge < -0.3 is 4.74 Å². The molecule has 13 heavy (non-hydrogen) atoms. The zero-order valence-corrected chi connectivity index (χ0v) is 7.32. The molecule has 1 aliphatic carbocycles. The summed E-state index contributed by atoms with van der Waals surface area (Å²) in [7, 11) is 0. The molecule has 1 heterocycles. The van der Waals surface area contributed by atoms with E-state index in [2.05, 4.69) is 0 Å². The number of carbonyl (C=O) groups is 2. The van der Waals surface area contributed by atoms with Crippen LogP contribution in [0.15, 0.2) is 24.3 Å². The smallest absolute Gasteiger partial charge is 0.310 e. The molecule has 1 saturated heterocycles. The van der Waals surface area contributed by atoms with Crippen LogP contribution >= 0.6 is 0 Å². The van der Waals surface area contributed by atoms with Gasteiger partial charge in [-0.15, -0.1) is 0 Å². The quantitative estimate of drug-likeness (QED) is 0.520. The van der Waals surface area contributed by atoms with Gasteiger partial charge in [-0.05, 0) is 24.3 Å². The highest BCUT2D eigenvalue weighted by Crippen LogP contribution is 2.34. The Morgan fingerprint density at radius 2 is 2.00 bits per heavy atom. The van der Waals surface area contributed by atoms with E-state index >= 15 is 0 Å². The minimum absolute atomic E-state index is 0.0544. The van der Waals surface area contributed by atoms with Crippen molar-refractivity contribution < 1.29 is 14.3 Å². The number of hydrogen-bond donors (Lipinski definition) is 0. The minimum Gasteiger partial charge on any atom is -0.450 e. The lowest BCUT2D eigenvalue weighted by Crippen LogP contribution is -2.25. The molecular weight excluding hydrogens is 168 g/mol. The summed E-state index contributed by atoms with van der Waals surface area (Å²) in [6, 6.07) is 0. The van der Waals surface area contributed by atoms with Crippen molar-refractivity contribution in [2.75, 3.05) is 0 Å². The Labute approximate surface area is 76.1 Å². The lowest BCUT2D eigenvalue weighted by Gasteiger charge is -2.21. The van der Waals surface area contributed by atoms with Gasteiger partial charge in [0.05, 0.1) is 5.92 Å². The van der Waals surface area contributed by atoms with Gasteiger partial charge in [0.2, 0.25) is 0 Å². The molecule has 3 heteroatoms. The van der Waals surface area contributed by atoms with Crippen molar-refractivity contribution in [2.45, 2.75) is 18.9 Å². The lowest BCUT2D eigenvalue weighted by atomic mass is 9.91. The molecular formula is C10H10O3. The summed E-state index contributed by atoms with van der Waals surface area (Å²) in [6.45, 7) is 1.83. The second-order valence-electron chi connectivity index (χ2n) is 3.55. The molecule has 2 rings (SSSR count). The number of hydrogen-bond acceptors (Lipinski definition) is 3. The second-order valence-corrected chi connectivity index (χ2v) is 3.55. The van der Waals surface area contributed by atoms with Crippen LogP contribution < -0.4 is 0 Å². The van der Waals surface area contributed by atoms with E-state index in [4.69, 9.17) is 4.74 Å². The predicted molar refractivity (Wildman–Crippen MR) is 45.9 cm³/mol. The standard InChI is InChI=1S/C10H10O3/c1-7-6-10(13-9(7)12)4-2-8(11)3-5-10/h2-5,7H,6H2,1H3/t7-/m0/s1. The number of rotatable bonds is 0. The van der Waals surface area contributed by atoms with Gasteiger partial charge in [0.1, 0.15) is 0 Å². The first-order valence-electron chi connectivity index (χ1n) is 4.27. The van der Waals surface area contributed by atoms with E-state index in [1.165, 1.54) is 12.2 Å². The monoisotopic (exact) mass is 178 g/mol. The second kappa shape index (κ2) is 2.55. The molecule has 0 saturated carbocycles. The van der Waals surface area contributed by atoms with Gasteiger partial charge in [0, 0.05) is 6.42 Å². The summed E-state index contributed by atoms with van der Waals surface area (Å²) < 4.78 is 5.19. The van der Waals surface area contributed by atoms with Crippen molar-refractivity contribution in [2.24, 2.45) is 5.92 Å². The third-order valence-corrected chi connectivity index (χ3v) is 2.38. The average molecular weight is 178 g/mol. The number of esters is 1. The Morgan fingerprint density at radius 1 is 1.38 bits per heavy atom. The van der Waals surface area contributed by atoms with Crippen LogP contribution in [0.4, 0.5) is 0 Å². The van der Waals surface area contributed by atoms with Gasteiger partial charge in [-0.1, -0.05) is 6.92 Å². The molecule has 2 aliphatic rings. The highest BCUT2D eigenvalue weighted by Gasteiger charge is 2.42. The fourth-order valence-electron chi connectivity index (χ4n) is 1.65. The topological polar surface area (TPSA) is 43.4 Å². The van der Waals surface area contributed by atoms with Crippen LogP contribution in [0.2, 0.25) is 0 Å². The molecule has 3 nitrogen and oxygen atoms in total. The predicted octanol–water partition coefficient (Wildman–Crippen LogP) is 1.00. The molecule has 0 aromatic carbocycles. The first-order chi connectivity index (χ1) is 6.11. The number of ketones is 1. The van der Waals surface area contributed by atoms with E-state index in [0.717, 1.165) is 0 Å². The molecule has 0 aromatic heterocycles. The van der Waals surface area contributed by atoms with E-state index in [1.54, 1.807) is 12.2 Å². The van der Waals surface area contributed by atoms with Crippen LogP contribution in [0, 0.1) is 5.92 Å². The summed E-state index contributed by atoms with van der Waals surface area (Å²) in [5.74, 6) is -0.327. The van der Waals surface area contributed by atoms with Crippen LogP contribution in [-0.2, 0) is 14.3 Å².